The number of nitrogens with zero attached hydrogens (tertiary/aromatic N) is 5. The van der Waals surface area contributed by atoms with E-state index in [2.05, 4.69) is 96.0 Å². The lowest BCUT2D eigenvalue weighted by atomic mass is 9.79. The molecule has 0 aromatic carbocycles. The average molecular weight is 519 g/mol. The van der Waals surface area contributed by atoms with Gasteiger partial charge in [0.05, 0.1) is 0 Å². The summed E-state index contributed by atoms with van der Waals surface area (Å²) in [5.74, 6) is 2.73. The SMILES string of the molecule is C=C(/N=C(\N=C(/C)N(CCCC)CCCC)N(CCCC)CCCC)N(C)C1CC(C)(C)NC(C)(C)C1. The molecule has 0 saturated carbocycles. The Kier molecular flexibility index (Phi) is 14.8. The molecule has 0 aromatic heterocycles. The highest BCUT2D eigenvalue weighted by Gasteiger charge is 2.39. The van der Waals surface area contributed by atoms with E-state index in [1.807, 2.05) is 0 Å². The number of aliphatic imine (C=N–C) groups is 2. The van der Waals surface area contributed by atoms with Crippen LogP contribution in [0.4, 0.5) is 0 Å². The van der Waals surface area contributed by atoms with Crippen molar-refractivity contribution in [1.82, 2.24) is 20.0 Å². The Morgan fingerprint density at radius 2 is 1.16 bits per heavy atom. The number of unbranched alkanes of at least 4 members (excludes halogenated alkanes) is 4. The van der Waals surface area contributed by atoms with Crippen molar-refractivity contribution in [2.75, 3.05) is 33.2 Å². The van der Waals surface area contributed by atoms with E-state index in [4.69, 9.17) is 9.98 Å². The Hall–Kier alpha value is -1.56. The highest BCUT2D eigenvalue weighted by atomic mass is 15.3. The minimum Gasteiger partial charge on any atom is -0.360 e. The van der Waals surface area contributed by atoms with E-state index < -0.39 is 0 Å². The van der Waals surface area contributed by atoms with Crippen LogP contribution in [0.1, 0.15) is 127 Å². The molecule has 0 radical (unpaired) electrons. The molecule has 0 bridgehead atoms. The highest BCUT2D eigenvalue weighted by Crippen LogP contribution is 2.32. The fourth-order valence-electron chi connectivity index (χ4n) is 5.47. The van der Waals surface area contributed by atoms with Gasteiger partial charge < -0.3 is 20.0 Å². The van der Waals surface area contributed by atoms with Crippen molar-refractivity contribution in [1.29, 1.82) is 0 Å². The van der Waals surface area contributed by atoms with Crippen LogP contribution in [0.15, 0.2) is 22.4 Å². The molecule has 6 heteroatoms. The van der Waals surface area contributed by atoms with Crippen LogP contribution in [0.5, 0.6) is 0 Å². The minimum absolute atomic E-state index is 0.0790. The van der Waals surface area contributed by atoms with Crippen molar-refractivity contribution in [3.8, 4) is 0 Å². The normalized spacial score (nSPS) is 18.1. The summed E-state index contributed by atoms with van der Waals surface area (Å²) in [4.78, 5) is 17.6. The van der Waals surface area contributed by atoms with Gasteiger partial charge in [0.25, 0.3) is 0 Å². The van der Waals surface area contributed by atoms with E-state index in [1.54, 1.807) is 0 Å². The average Bonchev–Trinajstić information content (AvgIpc) is 2.81. The molecular formula is C31H62N6. The Morgan fingerprint density at radius 1 is 0.757 bits per heavy atom. The van der Waals surface area contributed by atoms with Gasteiger partial charge in [-0.05, 0) is 73.1 Å². The third-order valence-electron chi connectivity index (χ3n) is 7.48. The first-order valence-electron chi connectivity index (χ1n) is 15.2. The van der Waals surface area contributed by atoms with Crippen LogP contribution in [0, 0.1) is 0 Å². The minimum atomic E-state index is 0.0790. The molecule has 0 spiro atoms. The molecule has 1 fully saturated rings. The Morgan fingerprint density at radius 3 is 1.57 bits per heavy atom. The maximum atomic E-state index is 5.23. The van der Waals surface area contributed by atoms with E-state index in [9.17, 15) is 0 Å². The molecule has 1 rings (SSSR count). The zero-order valence-electron chi connectivity index (χ0n) is 26.4. The largest absolute Gasteiger partial charge is 0.360 e. The van der Waals surface area contributed by atoms with Gasteiger partial charge in [0, 0.05) is 50.3 Å². The summed E-state index contributed by atoms with van der Waals surface area (Å²) in [5.41, 5.74) is 0.158. The monoisotopic (exact) mass is 519 g/mol. The predicted molar refractivity (Wildman–Crippen MR) is 165 cm³/mol. The van der Waals surface area contributed by atoms with Gasteiger partial charge in [0.2, 0.25) is 5.96 Å². The molecule has 216 valence electrons. The van der Waals surface area contributed by atoms with Gasteiger partial charge in [-0.25, -0.2) is 4.99 Å². The molecule has 1 saturated heterocycles. The van der Waals surface area contributed by atoms with E-state index >= 15 is 0 Å². The van der Waals surface area contributed by atoms with Crippen LogP contribution >= 0.6 is 0 Å². The van der Waals surface area contributed by atoms with Gasteiger partial charge >= 0.3 is 0 Å². The Balaban J connectivity index is 3.36. The second-order valence-electron chi connectivity index (χ2n) is 12.4. The first-order chi connectivity index (χ1) is 17.4. The van der Waals surface area contributed by atoms with Crippen LogP contribution in [0.25, 0.3) is 0 Å². The van der Waals surface area contributed by atoms with E-state index in [1.165, 1.54) is 25.7 Å². The highest BCUT2D eigenvalue weighted by molar-refractivity contribution is 5.95. The van der Waals surface area contributed by atoms with Crippen LogP contribution in [-0.2, 0) is 0 Å². The van der Waals surface area contributed by atoms with Crippen molar-refractivity contribution < 1.29 is 0 Å². The number of guanidine groups is 1. The van der Waals surface area contributed by atoms with E-state index in [0.29, 0.717) is 6.04 Å². The quantitative estimate of drug-likeness (QED) is 0.183. The van der Waals surface area contributed by atoms with Gasteiger partial charge in [-0.15, -0.1) is 0 Å². The molecule has 6 nitrogen and oxygen atoms in total. The maximum Gasteiger partial charge on any atom is 0.228 e. The molecule has 0 aliphatic carbocycles. The van der Waals surface area contributed by atoms with Gasteiger partial charge in [-0.1, -0.05) is 60.0 Å². The summed E-state index contributed by atoms with van der Waals surface area (Å²) in [7, 11) is 2.17. The fourth-order valence-corrected chi connectivity index (χ4v) is 5.47. The zero-order chi connectivity index (χ0) is 28.1. The molecule has 0 aromatic rings. The maximum absolute atomic E-state index is 5.23. The number of piperidine rings is 1. The summed E-state index contributed by atoms with van der Waals surface area (Å²) >= 11 is 0. The fraction of sp³-hybridized carbons (Fsp3) is 0.871. The lowest BCUT2D eigenvalue weighted by molar-refractivity contribution is 0.0984. The summed E-state index contributed by atoms with van der Waals surface area (Å²) in [5, 5.41) is 3.81. The van der Waals surface area contributed by atoms with Crippen molar-refractivity contribution >= 4 is 11.8 Å². The van der Waals surface area contributed by atoms with Crippen molar-refractivity contribution in [2.24, 2.45) is 9.98 Å². The second kappa shape index (κ2) is 16.4. The molecule has 1 N–H and O–H groups in total. The topological polar surface area (TPSA) is 46.5 Å². The molecular weight excluding hydrogens is 456 g/mol. The molecule has 0 unspecified atom stereocenters. The van der Waals surface area contributed by atoms with Crippen molar-refractivity contribution in [3.05, 3.63) is 12.4 Å². The van der Waals surface area contributed by atoms with Crippen molar-refractivity contribution in [2.45, 2.75) is 144 Å². The van der Waals surface area contributed by atoms with Crippen LogP contribution in [0.3, 0.4) is 0 Å². The summed E-state index contributed by atoms with van der Waals surface area (Å²) in [6.07, 6.45) is 11.5. The number of amidine groups is 1. The standard InChI is InChI=1S/C31H62N6/c1-12-16-20-36(21-17-13-2)27(6)33-29(37(22-18-14-3)23-19-15-4)32-26(5)35(11)28-24-30(7,8)34-31(9,10)25-28/h28,34H,5,12-25H2,1-4,6-11H3/b32-29+,33-27+. The van der Waals surface area contributed by atoms with Crippen molar-refractivity contribution in [3.63, 3.8) is 0 Å². The van der Waals surface area contributed by atoms with Gasteiger partial charge in [0.15, 0.2) is 0 Å². The molecule has 0 atom stereocenters. The van der Waals surface area contributed by atoms with E-state index in [-0.39, 0.29) is 11.1 Å². The molecule has 37 heavy (non-hydrogen) atoms. The van der Waals surface area contributed by atoms with E-state index in [0.717, 1.165) is 82.3 Å². The lowest BCUT2D eigenvalue weighted by Gasteiger charge is -2.49. The summed E-state index contributed by atoms with van der Waals surface area (Å²) in [6, 6.07) is 0.388. The number of hydrogen-bond donors (Lipinski definition) is 1. The molecule has 0 amide bonds. The molecule has 1 heterocycles. The van der Waals surface area contributed by atoms with Gasteiger partial charge in [-0.2, -0.15) is 4.99 Å². The number of hydrogen-bond acceptors (Lipinski definition) is 3. The predicted octanol–water partition coefficient (Wildman–Crippen LogP) is 7.28. The molecule has 1 aliphatic rings. The Labute approximate surface area is 231 Å². The number of rotatable bonds is 15. The third kappa shape index (κ3) is 12.2. The van der Waals surface area contributed by atoms with Gasteiger partial charge in [0.1, 0.15) is 11.7 Å². The zero-order valence-corrected chi connectivity index (χ0v) is 26.4. The van der Waals surface area contributed by atoms with Crippen LogP contribution < -0.4 is 5.32 Å². The number of nitrogens with one attached hydrogen (secondary N) is 1. The molecule has 1 aliphatic heterocycles. The smallest absolute Gasteiger partial charge is 0.228 e. The summed E-state index contributed by atoms with van der Waals surface area (Å²) < 4.78 is 0. The first-order valence-corrected chi connectivity index (χ1v) is 15.2. The second-order valence-corrected chi connectivity index (χ2v) is 12.4. The first kappa shape index (κ1) is 33.5. The lowest BCUT2D eigenvalue weighted by Crippen LogP contribution is -2.61. The Bertz CT molecular complexity index is 691. The van der Waals surface area contributed by atoms with Crippen LogP contribution in [-0.4, -0.2) is 76.8 Å². The third-order valence-corrected chi connectivity index (χ3v) is 7.48. The van der Waals surface area contributed by atoms with Gasteiger partial charge in [-0.3, -0.25) is 0 Å². The van der Waals surface area contributed by atoms with Crippen LogP contribution in [0.2, 0.25) is 0 Å². The summed E-state index contributed by atoms with van der Waals surface area (Å²) in [6.45, 7) is 29.0.